The Hall–Kier alpha value is -1.69. The largest absolute Gasteiger partial charge is 0.464 e. The zero-order valence-corrected chi connectivity index (χ0v) is 10.9. The maximum atomic E-state index is 11.6. The first-order valence-electron chi connectivity index (χ1n) is 4.90. The number of ether oxygens (including phenoxy) is 1. The van der Waals surface area contributed by atoms with E-state index in [-0.39, 0.29) is 0 Å². The van der Waals surface area contributed by atoms with Gasteiger partial charge in [-0.3, -0.25) is 0 Å². The molecule has 0 saturated carbocycles. The molecule has 0 amide bonds. The highest BCUT2D eigenvalue weighted by Gasteiger charge is 2.19. The van der Waals surface area contributed by atoms with Crippen LogP contribution in [0.3, 0.4) is 0 Å². The van der Waals surface area contributed by atoms with Crippen LogP contribution in [0.1, 0.15) is 16.2 Å². The van der Waals surface area contributed by atoms with E-state index < -0.39 is 5.97 Å². The Kier molecular flexibility index (Phi) is 3.23. The normalized spacial score (nSPS) is 10.3. The predicted molar refractivity (Wildman–Crippen MR) is 65.1 cm³/mol. The zero-order valence-electron chi connectivity index (χ0n) is 9.35. The minimum absolute atomic E-state index is 0.339. The lowest BCUT2D eigenvalue weighted by molar-refractivity contribution is 0.0589. The highest BCUT2D eigenvalue weighted by molar-refractivity contribution is 9.10. The molecular formula is C11H10BrN3O2. The Bertz CT molecular complexity index is 566. The van der Waals surface area contributed by atoms with Crippen LogP contribution in [0.2, 0.25) is 0 Å². The molecule has 17 heavy (non-hydrogen) atoms. The van der Waals surface area contributed by atoms with Gasteiger partial charge in [-0.15, -0.1) is 5.10 Å². The summed E-state index contributed by atoms with van der Waals surface area (Å²) in [6.07, 6.45) is 0. The molecule has 2 rings (SSSR count). The molecule has 6 heteroatoms. The van der Waals surface area contributed by atoms with E-state index in [9.17, 15) is 4.79 Å². The second-order valence-electron chi connectivity index (χ2n) is 3.41. The standard InChI is InChI=1S/C11H10BrN3O2/c1-7-10(11(16)17-2)15(14-13-7)9-5-3-4-8(12)6-9/h3-6H,1-2H3. The lowest BCUT2D eigenvalue weighted by atomic mass is 10.3. The fourth-order valence-corrected chi connectivity index (χ4v) is 1.86. The van der Waals surface area contributed by atoms with Crippen molar-refractivity contribution in [3.05, 3.63) is 40.1 Å². The quantitative estimate of drug-likeness (QED) is 0.797. The Labute approximate surface area is 107 Å². The van der Waals surface area contributed by atoms with Crippen LogP contribution in [0.15, 0.2) is 28.7 Å². The summed E-state index contributed by atoms with van der Waals surface area (Å²) >= 11 is 3.37. The first-order chi connectivity index (χ1) is 8.13. The first kappa shape index (κ1) is 11.8. The van der Waals surface area contributed by atoms with E-state index in [1.165, 1.54) is 11.8 Å². The van der Waals surface area contributed by atoms with Crippen molar-refractivity contribution in [1.29, 1.82) is 0 Å². The number of hydrogen-bond acceptors (Lipinski definition) is 4. The van der Waals surface area contributed by atoms with Gasteiger partial charge >= 0.3 is 5.97 Å². The lowest BCUT2D eigenvalue weighted by Gasteiger charge is -2.05. The van der Waals surface area contributed by atoms with Gasteiger partial charge in [0.05, 0.1) is 18.5 Å². The summed E-state index contributed by atoms with van der Waals surface area (Å²) in [6.45, 7) is 1.72. The minimum atomic E-state index is -0.451. The number of rotatable bonds is 2. The first-order valence-corrected chi connectivity index (χ1v) is 5.69. The summed E-state index contributed by atoms with van der Waals surface area (Å²) in [5, 5.41) is 7.83. The second-order valence-corrected chi connectivity index (χ2v) is 4.32. The van der Waals surface area contributed by atoms with Gasteiger partial charge in [-0.2, -0.15) is 0 Å². The van der Waals surface area contributed by atoms with Crippen LogP contribution >= 0.6 is 15.9 Å². The van der Waals surface area contributed by atoms with E-state index in [2.05, 4.69) is 26.2 Å². The van der Waals surface area contributed by atoms with Crippen molar-refractivity contribution in [2.24, 2.45) is 0 Å². The van der Waals surface area contributed by atoms with Crippen LogP contribution < -0.4 is 0 Å². The molecule has 0 unspecified atom stereocenters. The van der Waals surface area contributed by atoms with Crippen molar-refractivity contribution in [3.63, 3.8) is 0 Å². The highest BCUT2D eigenvalue weighted by atomic mass is 79.9. The molecule has 0 fully saturated rings. The van der Waals surface area contributed by atoms with Crippen molar-refractivity contribution in [2.45, 2.75) is 6.92 Å². The number of halogens is 1. The van der Waals surface area contributed by atoms with Gasteiger partial charge < -0.3 is 4.74 Å². The minimum Gasteiger partial charge on any atom is -0.464 e. The average Bonchev–Trinajstić information content (AvgIpc) is 2.70. The van der Waals surface area contributed by atoms with Gasteiger partial charge in [0.25, 0.3) is 0 Å². The molecule has 2 aromatic rings. The number of aromatic nitrogens is 3. The van der Waals surface area contributed by atoms with Gasteiger partial charge in [-0.1, -0.05) is 27.2 Å². The van der Waals surface area contributed by atoms with Crippen LogP contribution in [0.25, 0.3) is 5.69 Å². The van der Waals surface area contributed by atoms with Crippen molar-refractivity contribution >= 4 is 21.9 Å². The third kappa shape index (κ3) is 2.21. The molecule has 1 aromatic carbocycles. The molecule has 0 radical (unpaired) electrons. The highest BCUT2D eigenvalue weighted by Crippen LogP contribution is 2.17. The summed E-state index contributed by atoms with van der Waals surface area (Å²) in [4.78, 5) is 11.6. The number of carbonyl (C=O) groups is 1. The fourth-order valence-electron chi connectivity index (χ4n) is 1.48. The summed E-state index contributed by atoms with van der Waals surface area (Å²) in [5.74, 6) is -0.451. The number of nitrogens with zero attached hydrogens (tertiary/aromatic N) is 3. The third-order valence-corrected chi connectivity index (χ3v) is 2.76. The second kappa shape index (κ2) is 4.67. The van der Waals surface area contributed by atoms with Crippen LogP contribution in [-0.4, -0.2) is 28.1 Å². The Morgan fingerprint density at radius 2 is 2.24 bits per heavy atom. The maximum Gasteiger partial charge on any atom is 0.358 e. The summed E-state index contributed by atoms with van der Waals surface area (Å²) in [6, 6.07) is 7.44. The topological polar surface area (TPSA) is 57.0 Å². The Balaban J connectivity index is 2.57. The van der Waals surface area contributed by atoms with Crippen molar-refractivity contribution < 1.29 is 9.53 Å². The van der Waals surface area contributed by atoms with Crippen molar-refractivity contribution in [2.75, 3.05) is 7.11 Å². The number of benzene rings is 1. The lowest BCUT2D eigenvalue weighted by Crippen LogP contribution is -2.11. The van der Waals surface area contributed by atoms with E-state index in [0.29, 0.717) is 11.4 Å². The van der Waals surface area contributed by atoms with E-state index in [1.807, 2.05) is 24.3 Å². The SMILES string of the molecule is COC(=O)c1c(C)nnn1-c1cccc(Br)c1. The third-order valence-electron chi connectivity index (χ3n) is 2.27. The molecule has 0 aliphatic rings. The predicted octanol–water partition coefficient (Wildman–Crippen LogP) is 2.12. The average molecular weight is 296 g/mol. The van der Waals surface area contributed by atoms with Gasteiger partial charge in [0.1, 0.15) is 0 Å². The molecule has 88 valence electrons. The molecule has 0 aliphatic heterocycles. The monoisotopic (exact) mass is 295 g/mol. The molecule has 1 aromatic heterocycles. The smallest absolute Gasteiger partial charge is 0.358 e. The Morgan fingerprint density at radius 3 is 2.88 bits per heavy atom. The van der Waals surface area contributed by atoms with Gasteiger partial charge in [-0.25, -0.2) is 9.48 Å². The van der Waals surface area contributed by atoms with Crippen LogP contribution in [0, 0.1) is 6.92 Å². The van der Waals surface area contributed by atoms with Gasteiger partial charge in [-0.05, 0) is 25.1 Å². The number of carbonyl (C=O) groups excluding carboxylic acids is 1. The molecule has 0 saturated heterocycles. The maximum absolute atomic E-state index is 11.6. The van der Waals surface area contributed by atoms with E-state index in [1.54, 1.807) is 6.92 Å². The van der Waals surface area contributed by atoms with Crippen LogP contribution in [-0.2, 0) is 4.74 Å². The van der Waals surface area contributed by atoms with Gasteiger partial charge in [0.2, 0.25) is 0 Å². The van der Waals surface area contributed by atoms with E-state index in [4.69, 9.17) is 4.74 Å². The summed E-state index contributed by atoms with van der Waals surface area (Å²) < 4.78 is 7.08. The number of aryl methyl sites for hydroxylation is 1. The van der Waals surface area contributed by atoms with E-state index in [0.717, 1.165) is 10.2 Å². The fraction of sp³-hybridized carbons (Fsp3) is 0.182. The van der Waals surface area contributed by atoms with Crippen LogP contribution in [0.4, 0.5) is 0 Å². The summed E-state index contributed by atoms with van der Waals surface area (Å²) in [5.41, 5.74) is 1.63. The molecule has 0 bridgehead atoms. The number of methoxy groups -OCH3 is 1. The van der Waals surface area contributed by atoms with Gasteiger partial charge in [0, 0.05) is 4.47 Å². The number of esters is 1. The van der Waals surface area contributed by atoms with Crippen molar-refractivity contribution in [1.82, 2.24) is 15.0 Å². The Morgan fingerprint density at radius 1 is 1.47 bits per heavy atom. The molecule has 0 aliphatic carbocycles. The molecule has 1 heterocycles. The zero-order chi connectivity index (χ0) is 12.4. The van der Waals surface area contributed by atoms with E-state index >= 15 is 0 Å². The molecular weight excluding hydrogens is 286 g/mol. The molecule has 0 spiro atoms. The molecule has 5 nitrogen and oxygen atoms in total. The van der Waals surface area contributed by atoms with Crippen LogP contribution in [0.5, 0.6) is 0 Å². The number of hydrogen-bond donors (Lipinski definition) is 0. The van der Waals surface area contributed by atoms with Gasteiger partial charge in [0.15, 0.2) is 5.69 Å². The summed E-state index contributed by atoms with van der Waals surface area (Å²) in [7, 11) is 1.33. The molecule has 0 N–H and O–H groups in total. The molecule has 0 atom stereocenters. The van der Waals surface area contributed by atoms with Crippen molar-refractivity contribution in [3.8, 4) is 5.69 Å².